The lowest BCUT2D eigenvalue weighted by molar-refractivity contribution is -0.385. The second-order valence-corrected chi connectivity index (χ2v) is 5.33. The number of anilines is 1. The average molecular weight is 286 g/mol. The van der Waals surface area contributed by atoms with Gasteiger partial charge in [-0.3, -0.25) is 10.1 Å². The summed E-state index contributed by atoms with van der Waals surface area (Å²) in [6, 6.07) is 13.6. The monoisotopic (exact) mass is 286 g/mol. The largest absolute Gasteiger partial charge is 0.378 e. The zero-order valence-corrected chi connectivity index (χ0v) is 11.3. The number of halogens is 1. The van der Waals surface area contributed by atoms with Crippen molar-refractivity contribution in [3.63, 3.8) is 0 Å². The van der Waals surface area contributed by atoms with E-state index in [4.69, 9.17) is 0 Å². The summed E-state index contributed by atoms with van der Waals surface area (Å²) in [7, 11) is 0. The standard InChI is InChI=1S/C16H15FN2O2/c17-13-8-14(10-15(9-13)19(20)21)18-16(12-6-7-12)11-4-2-1-3-5-11/h1-5,8-10,12,16,18H,6-7H2. The molecule has 1 fully saturated rings. The second-order valence-electron chi connectivity index (χ2n) is 5.33. The van der Waals surface area contributed by atoms with Gasteiger partial charge in [0.2, 0.25) is 0 Å². The molecule has 0 amide bonds. The number of nitrogens with one attached hydrogen (secondary N) is 1. The Morgan fingerprint density at radius 1 is 1.19 bits per heavy atom. The van der Waals surface area contributed by atoms with E-state index in [1.54, 1.807) is 0 Å². The Hall–Kier alpha value is -2.43. The van der Waals surface area contributed by atoms with E-state index in [9.17, 15) is 14.5 Å². The van der Waals surface area contributed by atoms with Crippen molar-refractivity contribution in [2.24, 2.45) is 5.92 Å². The fourth-order valence-electron chi connectivity index (χ4n) is 2.51. The smallest absolute Gasteiger partial charge is 0.274 e. The first-order chi connectivity index (χ1) is 10.1. The van der Waals surface area contributed by atoms with E-state index in [0.717, 1.165) is 24.5 Å². The molecule has 0 spiro atoms. The van der Waals surface area contributed by atoms with Crippen LogP contribution in [0.15, 0.2) is 48.5 Å². The fraction of sp³-hybridized carbons (Fsp3) is 0.250. The molecule has 0 heterocycles. The van der Waals surface area contributed by atoms with Gasteiger partial charge >= 0.3 is 0 Å². The molecular weight excluding hydrogens is 271 g/mol. The van der Waals surface area contributed by atoms with E-state index in [-0.39, 0.29) is 11.7 Å². The highest BCUT2D eigenvalue weighted by atomic mass is 19.1. The van der Waals surface area contributed by atoms with Gasteiger partial charge in [0.25, 0.3) is 5.69 Å². The molecule has 2 aromatic rings. The highest BCUT2D eigenvalue weighted by Gasteiger charge is 2.32. The third kappa shape index (κ3) is 3.18. The number of nitro groups is 1. The van der Waals surface area contributed by atoms with Gasteiger partial charge in [-0.05, 0) is 30.4 Å². The van der Waals surface area contributed by atoms with Crippen LogP contribution in [-0.4, -0.2) is 4.92 Å². The first kappa shape index (κ1) is 13.5. The van der Waals surface area contributed by atoms with Crippen molar-refractivity contribution in [1.29, 1.82) is 0 Å². The number of hydrogen-bond acceptors (Lipinski definition) is 3. The molecule has 1 unspecified atom stereocenters. The predicted molar refractivity (Wildman–Crippen MR) is 78.6 cm³/mol. The van der Waals surface area contributed by atoms with E-state index >= 15 is 0 Å². The van der Waals surface area contributed by atoms with Crippen LogP contribution in [0.4, 0.5) is 15.8 Å². The summed E-state index contributed by atoms with van der Waals surface area (Å²) in [5.41, 5.74) is 1.33. The number of nitrogens with zero attached hydrogens (tertiary/aromatic N) is 1. The van der Waals surface area contributed by atoms with E-state index < -0.39 is 10.7 Å². The van der Waals surface area contributed by atoms with Crippen LogP contribution >= 0.6 is 0 Å². The molecule has 5 heteroatoms. The Bertz CT molecular complexity index is 657. The van der Waals surface area contributed by atoms with Crippen molar-refractivity contribution in [2.75, 3.05) is 5.32 Å². The Kier molecular flexibility index (Phi) is 3.56. The molecule has 0 saturated heterocycles. The quantitative estimate of drug-likeness (QED) is 0.658. The molecule has 1 N–H and O–H groups in total. The van der Waals surface area contributed by atoms with Gasteiger partial charge in [0.05, 0.1) is 17.0 Å². The molecule has 1 saturated carbocycles. The van der Waals surface area contributed by atoms with Crippen LogP contribution in [0.5, 0.6) is 0 Å². The highest BCUT2D eigenvalue weighted by molar-refractivity contribution is 5.53. The summed E-state index contributed by atoms with van der Waals surface area (Å²) in [6.45, 7) is 0. The lowest BCUT2D eigenvalue weighted by Crippen LogP contribution is -2.13. The summed E-state index contributed by atoms with van der Waals surface area (Å²) in [5.74, 6) is -0.107. The number of benzene rings is 2. The van der Waals surface area contributed by atoms with Crippen LogP contribution in [0.3, 0.4) is 0 Å². The first-order valence-electron chi connectivity index (χ1n) is 6.90. The van der Waals surface area contributed by atoms with Crippen molar-refractivity contribution in [2.45, 2.75) is 18.9 Å². The fourth-order valence-corrected chi connectivity index (χ4v) is 2.51. The molecule has 21 heavy (non-hydrogen) atoms. The molecule has 0 radical (unpaired) electrons. The highest BCUT2D eigenvalue weighted by Crippen LogP contribution is 2.43. The number of non-ortho nitro benzene ring substituents is 1. The van der Waals surface area contributed by atoms with Crippen LogP contribution in [0, 0.1) is 21.8 Å². The molecule has 0 bridgehead atoms. The van der Waals surface area contributed by atoms with Crippen molar-refractivity contribution >= 4 is 11.4 Å². The maximum Gasteiger partial charge on any atom is 0.274 e. The average Bonchev–Trinajstić information content (AvgIpc) is 3.29. The van der Waals surface area contributed by atoms with Crippen LogP contribution in [0.2, 0.25) is 0 Å². The Morgan fingerprint density at radius 2 is 1.90 bits per heavy atom. The molecule has 1 aliphatic carbocycles. The summed E-state index contributed by atoms with van der Waals surface area (Å²) in [5, 5.41) is 14.1. The van der Waals surface area contributed by atoms with Crippen molar-refractivity contribution in [3.05, 3.63) is 70.0 Å². The van der Waals surface area contributed by atoms with Gasteiger partial charge in [-0.15, -0.1) is 0 Å². The SMILES string of the molecule is O=[N+]([O-])c1cc(F)cc(NC(c2ccccc2)C2CC2)c1. The van der Waals surface area contributed by atoms with Gasteiger partial charge in [0, 0.05) is 11.8 Å². The van der Waals surface area contributed by atoms with E-state index in [2.05, 4.69) is 5.32 Å². The molecule has 1 atom stereocenters. The Balaban J connectivity index is 1.88. The second kappa shape index (κ2) is 5.52. The van der Waals surface area contributed by atoms with Crippen LogP contribution in [0.25, 0.3) is 0 Å². The van der Waals surface area contributed by atoms with Gasteiger partial charge in [0.1, 0.15) is 5.82 Å². The number of nitro benzene ring substituents is 1. The summed E-state index contributed by atoms with van der Waals surface area (Å²) >= 11 is 0. The Labute approximate surface area is 121 Å². The first-order valence-corrected chi connectivity index (χ1v) is 6.90. The van der Waals surface area contributed by atoms with E-state index in [1.807, 2.05) is 30.3 Å². The van der Waals surface area contributed by atoms with Crippen LogP contribution < -0.4 is 5.32 Å². The summed E-state index contributed by atoms with van der Waals surface area (Å²) in [4.78, 5) is 10.2. The molecule has 0 aromatic heterocycles. The number of hydrogen-bond donors (Lipinski definition) is 1. The molecule has 0 aliphatic heterocycles. The lowest BCUT2D eigenvalue weighted by atomic mass is 10.0. The maximum absolute atomic E-state index is 13.5. The molecule has 4 nitrogen and oxygen atoms in total. The van der Waals surface area contributed by atoms with Crippen molar-refractivity contribution in [1.82, 2.24) is 0 Å². The van der Waals surface area contributed by atoms with Crippen molar-refractivity contribution in [3.8, 4) is 0 Å². The minimum absolute atomic E-state index is 0.0626. The maximum atomic E-state index is 13.5. The molecule has 1 aliphatic rings. The van der Waals surface area contributed by atoms with Crippen molar-refractivity contribution < 1.29 is 9.31 Å². The van der Waals surface area contributed by atoms with Gasteiger partial charge in [-0.1, -0.05) is 30.3 Å². The van der Waals surface area contributed by atoms with E-state index in [1.165, 1.54) is 12.1 Å². The zero-order chi connectivity index (χ0) is 14.8. The topological polar surface area (TPSA) is 55.2 Å². The minimum Gasteiger partial charge on any atom is -0.378 e. The third-order valence-corrected chi connectivity index (χ3v) is 3.67. The summed E-state index contributed by atoms with van der Waals surface area (Å²) < 4.78 is 13.5. The minimum atomic E-state index is -0.602. The van der Waals surface area contributed by atoms with Crippen LogP contribution in [-0.2, 0) is 0 Å². The van der Waals surface area contributed by atoms with Gasteiger partial charge in [-0.2, -0.15) is 0 Å². The molecule has 3 rings (SSSR count). The van der Waals surface area contributed by atoms with Gasteiger partial charge in [0.15, 0.2) is 0 Å². The molecule has 108 valence electrons. The lowest BCUT2D eigenvalue weighted by Gasteiger charge is -2.20. The summed E-state index contributed by atoms with van der Waals surface area (Å²) in [6.07, 6.45) is 2.23. The van der Waals surface area contributed by atoms with E-state index in [0.29, 0.717) is 11.6 Å². The number of rotatable bonds is 5. The normalized spacial score (nSPS) is 15.5. The molecule has 2 aromatic carbocycles. The predicted octanol–water partition coefficient (Wildman–Crippen LogP) is 4.30. The third-order valence-electron chi connectivity index (χ3n) is 3.67. The Morgan fingerprint density at radius 3 is 2.52 bits per heavy atom. The zero-order valence-electron chi connectivity index (χ0n) is 11.3. The molecular formula is C16H15FN2O2. The van der Waals surface area contributed by atoms with Crippen LogP contribution in [0.1, 0.15) is 24.4 Å². The van der Waals surface area contributed by atoms with Gasteiger partial charge < -0.3 is 5.32 Å². The van der Waals surface area contributed by atoms with Gasteiger partial charge in [-0.25, -0.2) is 4.39 Å².